The number of nitrogens with one attached hydrogen (secondary N) is 2. The van der Waals surface area contributed by atoms with Crippen molar-refractivity contribution < 1.29 is 4.74 Å². The van der Waals surface area contributed by atoms with E-state index in [0.29, 0.717) is 22.3 Å². The first-order valence-electron chi connectivity index (χ1n) is 9.13. The molecule has 26 heavy (non-hydrogen) atoms. The Kier molecular flexibility index (Phi) is 6.53. The van der Waals surface area contributed by atoms with Gasteiger partial charge in [-0.15, -0.1) is 0 Å². The van der Waals surface area contributed by atoms with Crippen molar-refractivity contribution in [2.45, 2.75) is 63.0 Å². The summed E-state index contributed by atoms with van der Waals surface area (Å²) in [7, 11) is 0. The third-order valence-corrected chi connectivity index (χ3v) is 6.33. The predicted molar refractivity (Wildman–Crippen MR) is 108 cm³/mol. The molecule has 3 heterocycles. The highest BCUT2D eigenvalue weighted by molar-refractivity contribution is 7.99. The minimum atomic E-state index is -0.153. The monoisotopic (exact) mass is 376 g/mol. The standard InChI is InChI=1S/C18H24N4O2S.CH4/c23-18-17-15(9-13(10-19-17)20-12-3-1-2-4-12)21-16(22-18)11-25-14-5-7-24-8-6-14;/h9-10,12,14,20H,1-8,11H2,(H,21,22,23);1H4. The van der Waals surface area contributed by atoms with E-state index in [1.807, 2.05) is 17.8 Å². The van der Waals surface area contributed by atoms with Crippen LogP contribution in [0.3, 0.4) is 0 Å². The van der Waals surface area contributed by atoms with Crippen LogP contribution >= 0.6 is 11.8 Å². The van der Waals surface area contributed by atoms with Crippen molar-refractivity contribution in [2.75, 3.05) is 18.5 Å². The van der Waals surface area contributed by atoms with Gasteiger partial charge in [0.2, 0.25) is 0 Å². The van der Waals surface area contributed by atoms with Crippen molar-refractivity contribution in [3.8, 4) is 0 Å². The molecule has 142 valence electrons. The van der Waals surface area contributed by atoms with Gasteiger partial charge in [-0.1, -0.05) is 20.3 Å². The zero-order valence-electron chi connectivity index (χ0n) is 14.3. The molecule has 1 aliphatic carbocycles. The number of aromatic nitrogens is 3. The zero-order valence-corrected chi connectivity index (χ0v) is 15.1. The summed E-state index contributed by atoms with van der Waals surface area (Å²) in [5.74, 6) is 1.45. The number of rotatable bonds is 5. The number of thioether (sulfide) groups is 1. The van der Waals surface area contributed by atoms with Crippen molar-refractivity contribution in [1.29, 1.82) is 0 Å². The second-order valence-corrected chi connectivity index (χ2v) is 8.14. The molecule has 2 aliphatic rings. The maximum Gasteiger partial charge on any atom is 0.277 e. The molecule has 2 aromatic rings. The van der Waals surface area contributed by atoms with Gasteiger partial charge >= 0.3 is 0 Å². The highest BCUT2D eigenvalue weighted by Gasteiger charge is 2.17. The molecular formula is C19H28N4O2S. The van der Waals surface area contributed by atoms with Gasteiger partial charge in [0.25, 0.3) is 5.56 Å². The number of ether oxygens (including phenoxy) is 1. The Morgan fingerprint density at radius 2 is 2.00 bits per heavy atom. The lowest BCUT2D eigenvalue weighted by atomic mass is 10.2. The quantitative estimate of drug-likeness (QED) is 0.828. The van der Waals surface area contributed by atoms with E-state index in [2.05, 4.69) is 20.3 Å². The fourth-order valence-corrected chi connectivity index (χ4v) is 4.63. The predicted octanol–water partition coefficient (Wildman–Crippen LogP) is 3.72. The molecule has 0 bridgehead atoms. The maximum absolute atomic E-state index is 12.3. The minimum Gasteiger partial charge on any atom is -0.381 e. The first kappa shape index (κ1) is 19.2. The van der Waals surface area contributed by atoms with Crippen LogP contribution in [-0.2, 0) is 10.5 Å². The lowest BCUT2D eigenvalue weighted by molar-refractivity contribution is 0.1000. The van der Waals surface area contributed by atoms with Crippen LogP contribution in [0, 0.1) is 0 Å². The van der Waals surface area contributed by atoms with Gasteiger partial charge in [-0.3, -0.25) is 4.79 Å². The van der Waals surface area contributed by atoms with Crippen molar-refractivity contribution in [3.63, 3.8) is 0 Å². The molecule has 2 aromatic heterocycles. The van der Waals surface area contributed by atoms with Gasteiger partial charge in [0.1, 0.15) is 5.82 Å². The second-order valence-electron chi connectivity index (χ2n) is 6.85. The van der Waals surface area contributed by atoms with Gasteiger partial charge in [-0.25, -0.2) is 9.97 Å². The highest BCUT2D eigenvalue weighted by Crippen LogP contribution is 2.25. The number of H-pyrrole nitrogens is 1. The topological polar surface area (TPSA) is 79.9 Å². The molecule has 2 N–H and O–H groups in total. The Balaban J connectivity index is 0.00000196. The molecule has 6 nitrogen and oxygen atoms in total. The van der Waals surface area contributed by atoms with Gasteiger partial charge in [-0.2, -0.15) is 11.8 Å². The normalized spacial score (nSPS) is 18.8. The van der Waals surface area contributed by atoms with E-state index in [4.69, 9.17) is 4.74 Å². The lowest BCUT2D eigenvalue weighted by Gasteiger charge is -2.21. The average molecular weight is 377 g/mol. The SMILES string of the molecule is C.O=c1[nH]c(CSC2CCOCC2)nc2cc(NC3CCCC3)cnc12. The van der Waals surface area contributed by atoms with E-state index in [1.165, 1.54) is 25.7 Å². The second kappa shape index (κ2) is 8.86. The Bertz CT molecular complexity index is 783. The van der Waals surface area contributed by atoms with Crippen molar-refractivity contribution >= 4 is 28.5 Å². The van der Waals surface area contributed by atoms with Gasteiger partial charge in [0, 0.05) is 24.5 Å². The zero-order chi connectivity index (χ0) is 17.1. The summed E-state index contributed by atoms with van der Waals surface area (Å²) in [5.41, 5.74) is 1.90. The van der Waals surface area contributed by atoms with Crippen LogP contribution in [-0.4, -0.2) is 39.5 Å². The number of aromatic amines is 1. The molecular weight excluding hydrogens is 348 g/mol. The fourth-order valence-electron chi connectivity index (χ4n) is 3.57. The summed E-state index contributed by atoms with van der Waals surface area (Å²) in [6.45, 7) is 1.67. The highest BCUT2D eigenvalue weighted by atomic mass is 32.2. The molecule has 0 amide bonds. The van der Waals surface area contributed by atoms with Crippen LogP contribution < -0.4 is 10.9 Å². The van der Waals surface area contributed by atoms with Crippen molar-refractivity contribution in [1.82, 2.24) is 15.0 Å². The number of nitrogens with zero attached hydrogens (tertiary/aromatic N) is 2. The lowest BCUT2D eigenvalue weighted by Crippen LogP contribution is -2.19. The van der Waals surface area contributed by atoms with E-state index in [1.54, 1.807) is 6.20 Å². The average Bonchev–Trinajstić information content (AvgIpc) is 3.14. The molecule has 0 spiro atoms. The summed E-state index contributed by atoms with van der Waals surface area (Å²) in [4.78, 5) is 24.1. The molecule has 1 aliphatic heterocycles. The molecule has 0 unspecified atom stereocenters. The van der Waals surface area contributed by atoms with E-state index in [0.717, 1.165) is 43.3 Å². The van der Waals surface area contributed by atoms with Crippen LogP contribution in [0.1, 0.15) is 51.8 Å². The molecule has 7 heteroatoms. The van der Waals surface area contributed by atoms with Crippen LogP contribution in [0.25, 0.3) is 11.0 Å². The van der Waals surface area contributed by atoms with Crippen molar-refractivity contribution in [3.05, 3.63) is 28.4 Å². The number of pyridine rings is 1. The fraction of sp³-hybridized carbons (Fsp3) is 0.632. The molecule has 2 fully saturated rings. The Morgan fingerprint density at radius 1 is 1.23 bits per heavy atom. The van der Waals surface area contributed by atoms with Gasteiger partial charge in [0.15, 0.2) is 5.52 Å². The van der Waals surface area contributed by atoms with Gasteiger partial charge < -0.3 is 15.0 Å². The molecule has 0 radical (unpaired) electrons. The summed E-state index contributed by atoms with van der Waals surface area (Å²) in [6.07, 6.45) is 8.85. The van der Waals surface area contributed by atoms with Crippen LogP contribution in [0.2, 0.25) is 0 Å². The molecule has 0 aromatic carbocycles. The van der Waals surface area contributed by atoms with E-state index in [9.17, 15) is 4.79 Å². The largest absolute Gasteiger partial charge is 0.381 e. The minimum absolute atomic E-state index is 0. The Hall–Kier alpha value is -1.60. The van der Waals surface area contributed by atoms with Crippen LogP contribution in [0.5, 0.6) is 0 Å². The number of anilines is 1. The summed E-state index contributed by atoms with van der Waals surface area (Å²) >= 11 is 1.85. The Labute approximate surface area is 158 Å². The summed E-state index contributed by atoms with van der Waals surface area (Å²) < 4.78 is 5.39. The van der Waals surface area contributed by atoms with E-state index in [-0.39, 0.29) is 13.0 Å². The first-order chi connectivity index (χ1) is 12.3. The maximum atomic E-state index is 12.3. The molecule has 1 saturated heterocycles. The third-order valence-electron chi connectivity index (χ3n) is 4.95. The van der Waals surface area contributed by atoms with E-state index < -0.39 is 0 Å². The number of fused-ring (bicyclic) bond motifs is 1. The van der Waals surface area contributed by atoms with Crippen molar-refractivity contribution in [2.24, 2.45) is 0 Å². The smallest absolute Gasteiger partial charge is 0.277 e. The molecule has 4 rings (SSSR count). The number of hydrogen-bond acceptors (Lipinski definition) is 6. The molecule has 1 saturated carbocycles. The van der Waals surface area contributed by atoms with Crippen LogP contribution in [0.4, 0.5) is 5.69 Å². The first-order valence-corrected chi connectivity index (χ1v) is 10.2. The Morgan fingerprint density at radius 3 is 2.77 bits per heavy atom. The summed E-state index contributed by atoms with van der Waals surface area (Å²) in [5, 5.41) is 4.11. The summed E-state index contributed by atoms with van der Waals surface area (Å²) in [6, 6.07) is 2.48. The van der Waals surface area contributed by atoms with Gasteiger partial charge in [-0.05, 0) is 31.7 Å². The number of hydrogen-bond donors (Lipinski definition) is 2. The molecule has 0 atom stereocenters. The van der Waals surface area contributed by atoms with Crippen LogP contribution in [0.15, 0.2) is 17.1 Å². The third kappa shape index (κ3) is 4.57. The van der Waals surface area contributed by atoms with Gasteiger partial charge in [0.05, 0.1) is 23.2 Å². The van der Waals surface area contributed by atoms with E-state index >= 15 is 0 Å².